The molecule has 0 radical (unpaired) electrons. The first-order valence-electron chi connectivity index (χ1n) is 10.6. The van der Waals surface area contributed by atoms with Gasteiger partial charge in [0.05, 0.1) is 26.3 Å². The maximum Gasteiger partial charge on any atom is 0.254 e. The number of likely N-dealkylation sites (tertiary alicyclic amines) is 1. The van der Waals surface area contributed by atoms with Crippen LogP contribution in [0.2, 0.25) is 0 Å². The largest absolute Gasteiger partial charge is 0.490 e. The lowest BCUT2D eigenvalue weighted by Gasteiger charge is -2.39. The average Bonchev–Trinajstić information content (AvgIpc) is 3.50. The van der Waals surface area contributed by atoms with Gasteiger partial charge in [0.1, 0.15) is 11.9 Å². The van der Waals surface area contributed by atoms with Crippen LogP contribution in [0, 0.1) is 6.92 Å². The van der Waals surface area contributed by atoms with Gasteiger partial charge in [0.15, 0.2) is 11.5 Å². The van der Waals surface area contributed by atoms with Crippen LogP contribution in [0.4, 0.5) is 0 Å². The number of carbonyl (C=O) groups is 1. The third-order valence-electron chi connectivity index (χ3n) is 5.37. The van der Waals surface area contributed by atoms with Crippen LogP contribution in [0.3, 0.4) is 0 Å². The van der Waals surface area contributed by atoms with Gasteiger partial charge in [-0.3, -0.25) is 9.59 Å². The molecule has 0 unspecified atom stereocenters. The van der Waals surface area contributed by atoms with Crippen molar-refractivity contribution in [3.63, 3.8) is 0 Å². The summed E-state index contributed by atoms with van der Waals surface area (Å²) >= 11 is 0. The third kappa shape index (κ3) is 4.15. The highest BCUT2D eigenvalue weighted by molar-refractivity contribution is 5.95. The molecule has 2 heterocycles. The summed E-state index contributed by atoms with van der Waals surface area (Å²) in [5.41, 5.74) is 1.46. The minimum atomic E-state index is -0.112. The van der Waals surface area contributed by atoms with E-state index in [1.54, 1.807) is 29.2 Å². The van der Waals surface area contributed by atoms with Crippen molar-refractivity contribution in [2.24, 2.45) is 0 Å². The monoisotopic (exact) mass is 412 g/mol. The Kier molecular flexibility index (Phi) is 5.70. The number of pyridine rings is 1. The number of rotatable bonds is 8. The van der Waals surface area contributed by atoms with Crippen LogP contribution in [-0.2, 0) is 0 Å². The highest BCUT2D eigenvalue weighted by Crippen LogP contribution is 2.35. The number of hydrogen-bond donors (Lipinski definition) is 0. The van der Waals surface area contributed by atoms with Gasteiger partial charge < -0.3 is 23.7 Å². The zero-order valence-corrected chi connectivity index (χ0v) is 17.7. The van der Waals surface area contributed by atoms with Crippen LogP contribution in [0.1, 0.15) is 48.8 Å². The predicted octanol–water partition coefficient (Wildman–Crippen LogP) is 3.19. The lowest BCUT2D eigenvalue weighted by Crippen LogP contribution is -2.56. The molecular weight excluding hydrogens is 384 g/mol. The summed E-state index contributed by atoms with van der Waals surface area (Å²) in [6.45, 7) is 7.74. The Hall–Kier alpha value is -2.96. The number of ether oxygens (including phenoxy) is 3. The second-order valence-corrected chi connectivity index (χ2v) is 7.75. The first kappa shape index (κ1) is 20.3. The summed E-state index contributed by atoms with van der Waals surface area (Å²) in [5, 5.41) is 0. The molecule has 1 aliphatic heterocycles. The summed E-state index contributed by atoms with van der Waals surface area (Å²) in [6, 6.07) is 9.06. The lowest BCUT2D eigenvalue weighted by molar-refractivity contribution is 0.0176. The van der Waals surface area contributed by atoms with Crippen molar-refractivity contribution >= 4 is 5.91 Å². The number of nitrogens with zero attached hydrogens (tertiary/aromatic N) is 2. The van der Waals surface area contributed by atoms with E-state index in [0.717, 1.165) is 18.5 Å². The molecule has 1 aromatic carbocycles. The summed E-state index contributed by atoms with van der Waals surface area (Å²) in [4.78, 5) is 26.9. The van der Waals surface area contributed by atoms with Gasteiger partial charge in [-0.15, -0.1) is 0 Å². The van der Waals surface area contributed by atoms with Crippen LogP contribution < -0.4 is 19.8 Å². The average molecular weight is 412 g/mol. The Labute approximate surface area is 176 Å². The maximum absolute atomic E-state index is 12.8. The fourth-order valence-corrected chi connectivity index (χ4v) is 3.79. The highest BCUT2D eigenvalue weighted by atomic mass is 16.5. The number of hydrogen-bond acceptors (Lipinski definition) is 5. The molecular formula is C23H28N2O5. The molecule has 7 nitrogen and oxygen atoms in total. The standard InChI is InChI=1S/C23H28N2O5/c1-4-28-20-9-6-16(11-21(20)29-5-2)23(27)24-13-19(14-24)30-18-10-15(3)25(17-7-8-17)22(26)12-18/h6,9-12,17,19H,4-5,7-8,13-14H2,1-3H3. The number of carbonyl (C=O) groups excluding carboxylic acids is 1. The smallest absolute Gasteiger partial charge is 0.254 e. The van der Waals surface area contributed by atoms with E-state index in [0.29, 0.717) is 55.2 Å². The van der Waals surface area contributed by atoms with Crippen molar-refractivity contribution in [1.82, 2.24) is 9.47 Å². The Morgan fingerprint density at radius 3 is 2.37 bits per heavy atom. The van der Waals surface area contributed by atoms with E-state index in [1.165, 1.54) is 0 Å². The second-order valence-electron chi connectivity index (χ2n) is 7.75. The van der Waals surface area contributed by atoms with Crippen molar-refractivity contribution in [2.75, 3.05) is 26.3 Å². The molecule has 30 heavy (non-hydrogen) atoms. The molecule has 0 N–H and O–H groups in total. The van der Waals surface area contributed by atoms with E-state index in [9.17, 15) is 9.59 Å². The molecule has 4 rings (SSSR count). The SMILES string of the molecule is CCOc1ccc(C(=O)N2CC(Oc3cc(C)n(C4CC4)c(=O)c3)C2)cc1OCC. The van der Waals surface area contributed by atoms with Crippen LogP contribution >= 0.6 is 0 Å². The first-order chi connectivity index (χ1) is 14.5. The lowest BCUT2D eigenvalue weighted by atomic mass is 10.1. The van der Waals surface area contributed by atoms with Gasteiger partial charge in [0.2, 0.25) is 0 Å². The number of benzene rings is 1. The zero-order chi connectivity index (χ0) is 21.3. The van der Waals surface area contributed by atoms with Crippen molar-refractivity contribution in [2.45, 2.75) is 45.8 Å². The predicted molar refractivity (Wildman–Crippen MR) is 113 cm³/mol. The van der Waals surface area contributed by atoms with Crippen molar-refractivity contribution in [1.29, 1.82) is 0 Å². The Morgan fingerprint density at radius 2 is 1.73 bits per heavy atom. The first-order valence-corrected chi connectivity index (χ1v) is 10.6. The van der Waals surface area contributed by atoms with E-state index < -0.39 is 0 Å². The number of aromatic nitrogens is 1. The molecule has 0 atom stereocenters. The Bertz CT molecular complexity index is 990. The van der Waals surface area contributed by atoms with E-state index in [-0.39, 0.29) is 17.6 Å². The molecule has 0 bridgehead atoms. The van der Waals surface area contributed by atoms with Crippen LogP contribution in [0.25, 0.3) is 0 Å². The van der Waals surface area contributed by atoms with Gasteiger partial charge >= 0.3 is 0 Å². The fourth-order valence-electron chi connectivity index (χ4n) is 3.79. The molecule has 1 aromatic heterocycles. The Balaban J connectivity index is 1.38. The molecule has 1 saturated heterocycles. The van der Waals surface area contributed by atoms with Gasteiger partial charge in [-0.2, -0.15) is 0 Å². The van der Waals surface area contributed by atoms with Crippen LogP contribution in [0.5, 0.6) is 17.2 Å². The molecule has 7 heteroatoms. The normalized spacial score (nSPS) is 16.2. The summed E-state index contributed by atoms with van der Waals surface area (Å²) in [5.74, 6) is 1.72. The molecule has 1 aliphatic carbocycles. The quantitative estimate of drug-likeness (QED) is 0.666. The van der Waals surface area contributed by atoms with Gasteiger partial charge in [0.25, 0.3) is 11.5 Å². The summed E-state index contributed by atoms with van der Waals surface area (Å²) in [6.07, 6.45) is 2.02. The molecule has 160 valence electrons. The molecule has 2 aromatic rings. The van der Waals surface area contributed by atoms with E-state index in [4.69, 9.17) is 14.2 Å². The van der Waals surface area contributed by atoms with Gasteiger partial charge in [-0.1, -0.05) is 0 Å². The summed E-state index contributed by atoms with van der Waals surface area (Å²) < 4.78 is 19.0. The van der Waals surface area contributed by atoms with Gasteiger partial charge in [0, 0.05) is 23.4 Å². The van der Waals surface area contributed by atoms with E-state index in [2.05, 4.69) is 0 Å². The molecule has 2 fully saturated rings. The molecule has 1 amide bonds. The topological polar surface area (TPSA) is 70.0 Å². The van der Waals surface area contributed by atoms with Crippen molar-refractivity contribution < 1.29 is 19.0 Å². The zero-order valence-electron chi connectivity index (χ0n) is 17.7. The number of aryl methyl sites for hydroxylation is 1. The number of amides is 1. The van der Waals surface area contributed by atoms with Gasteiger partial charge in [-0.05, 0) is 57.9 Å². The highest BCUT2D eigenvalue weighted by Gasteiger charge is 2.34. The van der Waals surface area contributed by atoms with Crippen LogP contribution in [0.15, 0.2) is 35.1 Å². The summed E-state index contributed by atoms with van der Waals surface area (Å²) in [7, 11) is 0. The fraction of sp³-hybridized carbons (Fsp3) is 0.478. The van der Waals surface area contributed by atoms with E-state index in [1.807, 2.05) is 31.4 Å². The molecule has 1 saturated carbocycles. The van der Waals surface area contributed by atoms with Crippen LogP contribution in [-0.4, -0.2) is 47.8 Å². The Morgan fingerprint density at radius 1 is 1.03 bits per heavy atom. The van der Waals surface area contributed by atoms with Crippen molar-refractivity contribution in [3.8, 4) is 17.2 Å². The molecule has 0 spiro atoms. The molecule has 2 aliphatic rings. The third-order valence-corrected chi connectivity index (χ3v) is 5.37. The maximum atomic E-state index is 12.8. The minimum Gasteiger partial charge on any atom is -0.490 e. The van der Waals surface area contributed by atoms with E-state index >= 15 is 0 Å². The second kappa shape index (κ2) is 8.42. The van der Waals surface area contributed by atoms with Crippen molar-refractivity contribution in [3.05, 3.63) is 51.9 Å². The minimum absolute atomic E-state index is 0.0161. The van der Waals surface area contributed by atoms with Gasteiger partial charge in [-0.25, -0.2) is 0 Å².